The zero-order valence-electron chi connectivity index (χ0n) is 18.3. The lowest BCUT2D eigenvalue weighted by Gasteiger charge is -2.44. The molecule has 1 aromatic carbocycles. The van der Waals surface area contributed by atoms with Crippen LogP contribution in [0, 0.1) is 5.92 Å². The summed E-state index contributed by atoms with van der Waals surface area (Å²) in [6.45, 7) is 6.78. The molecule has 1 aromatic heterocycles. The summed E-state index contributed by atoms with van der Waals surface area (Å²) in [5, 5.41) is 9.24. The van der Waals surface area contributed by atoms with Gasteiger partial charge in [0.15, 0.2) is 5.58 Å². The molecule has 3 heterocycles. The standard InChI is InChI=1S/C20H23ClF2N4O3.C2H6/c21-12-7-13-17(30-14(25-13)9-24-8-11-1-6-29-10-11)15-16(12)26-18(28)27-19(15)2-4-20(22,23)5-3-19;1-2/h7,11,24H,1-6,8-10H2,(H2,26,27,28);1-2H3. The Morgan fingerprint density at radius 3 is 2.72 bits per heavy atom. The van der Waals surface area contributed by atoms with Crippen LogP contribution in [0.4, 0.5) is 19.3 Å². The number of aromatic nitrogens is 1. The maximum atomic E-state index is 13.9. The summed E-state index contributed by atoms with van der Waals surface area (Å²) in [6.07, 6.45) is 0.610. The zero-order valence-corrected chi connectivity index (χ0v) is 19.1. The molecule has 32 heavy (non-hydrogen) atoms. The number of halogens is 3. The van der Waals surface area contributed by atoms with Crippen LogP contribution in [0.15, 0.2) is 10.5 Å². The number of anilines is 1. The first-order valence-electron chi connectivity index (χ1n) is 11.2. The van der Waals surface area contributed by atoms with Crippen LogP contribution in [0.2, 0.25) is 5.02 Å². The highest BCUT2D eigenvalue weighted by atomic mass is 35.5. The second-order valence-electron chi connectivity index (χ2n) is 8.44. The van der Waals surface area contributed by atoms with Crippen molar-refractivity contribution < 1.29 is 22.7 Å². The molecule has 2 fully saturated rings. The Morgan fingerprint density at radius 1 is 1.28 bits per heavy atom. The Labute approximate surface area is 190 Å². The third-order valence-electron chi connectivity index (χ3n) is 6.32. The molecule has 1 spiro atoms. The summed E-state index contributed by atoms with van der Waals surface area (Å²) in [5.74, 6) is -1.77. The quantitative estimate of drug-likeness (QED) is 0.573. The predicted octanol–water partition coefficient (Wildman–Crippen LogP) is 5.17. The molecular weight excluding hydrogens is 442 g/mol. The van der Waals surface area contributed by atoms with E-state index in [1.54, 1.807) is 6.07 Å². The third-order valence-corrected chi connectivity index (χ3v) is 6.61. The summed E-state index contributed by atoms with van der Waals surface area (Å²) in [5.41, 5.74) is 1.11. The Kier molecular flexibility index (Phi) is 6.61. The molecule has 2 amide bonds. The second-order valence-corrected chi connectivity index (χ2v) is 8.85. The van der Waals surface area contributed by atoms with E-state index in [0.29, 0.717) is 45.7 Å². The lowest BCUT2D eigenvalue weighted by atomic mass is 9.73. The van der Waals surface area contributed by atoms with E-state index in [4.69, 9.17) is 20.8 Å². The molecule has 176 valence electrons. The molecule has 1 unspecified atom stereocenters. The molecule has 1 saturated heterocycles. The molecule has 5 rings (SSSR count). The van der Waals surface area contributed by atoms with Crippen molar-refractivity contribution in [2.45, 2.75) is 64.0 Å². The summed E-state index contributed by atoms with van der Waals surface area (Å²) >= 11 is 6.44. The predicted molar refractivity (Wildman–Crippen MR) is 118 cm³/mol. The zero-order chi connectivity index (χ0) is 22.9. The number of fused-ring (bicyclic) bond motifs is 4. The fourth-order valence-corrected chi connectivity index (χ4v) is 4.95. The summed E-state index contributed by atoms with van der Waals surface area (Å²) < 4.78 is 39.2. The van der Waals surface area contributed by atoms with E-state index in [9.17, 15) is 13.6 Å². The van der Waals surface area contributed by atoms with Gasteiger partial charge in [-0.05, 0) is 31.2 Å². The van der Waals surface area contributed by atoms with Crippen molar-refractivity contribution in [3.63, 3.8) is 0 Å². The number of alkyl halides is 2. The molecule has 2 aromatic rings. The lowest BCUT2D eigenvalue weighted by molar-refractivity contribution is -0.0552. The Morgan fingerprint density at radius 2 is 2.03 bits per heavy atom. The van der Waals surface area contributed by atoms with Crippen LogP contribution in [0.3, 0.4) is 0 Å². The Bertz CT molecular complexity index is 981. The van der Waals surface area contributed by atoms with E-state index in [-0.39, 0.29) is 25.7 Å². The van der Waals surface area contributed by atoms with E-state index >= 15 is 0 Å². The van der Waals surface area contributed by atoms with Gasteiger partial charge in [-0.3, -0.25) is 0 Å². The minimum absolute atomic E-state index is 0.103. The molecule has 2 aliphatic heterocycles. The molecule has 3 N–H and O–H groups in total. The molecule has 7 nitrogen and oxygen atoms in total. The van der Waals surface area contributed by atoms with Crippen molar-refractivity contribution in [1.82, 2.24) is 15.6 Å². The molecule has 10 heteroatoms. The van der Waals surface area contributed by atoms with Gasteiger partial charge in [-0.1, -0.05) is 25.4 Å². The van der Waals surface area contributed by atoms with Crippen molar-refractivity contribution in [1.29, 1.82) is 0 Å². The van der Waals surface area contributed by atoms with Crippen LogP contribution in [0.25, 0.3) is 11.1 Å². The average molecular weight is 471 g/mol. The van der Waals surface area contributed by atoms with Gasteiger partial charge in [0, 0.05) is 31.6 Å². The molecule has 0 bridgehead atoms. The Balaban J connectivity index is 0.00000119. The smallest absolute Gasteiger partial charge is 0.319 e. The van der Waals surface area contributed by atoms with Crippen LogP contribution >= 0.6 is 11.6 Å². The number of benzene rings is 1. The van der Waals surface area contributed by atoms with E-state index in [1.807, 2.05) is 13.8 Å². The van der Waals surface area contributed by atoms with E-state index in [2.05, 4.69) is 20.9 Å². The van der Waals surface area contributed by atoms with Gasteiger partial charge in [-0.2, -0.15) is 0 Å². The number of ether oxygens (including phenoxy) is 1. The van der Waals surface area contributed by atoms with Gasteiger partial charge in [0.05, 0.1) is 29.4 Å². The van der Waals surface area contributed by atoms with Crippen molar-refractivity contribution in [3.8, 4) is 0 Å². The number of amides is 2. The maximum Gasteiger partial charge on any atom is 0.319 e. The topological polar surface area (TPSA) is 88.4 Å². The number of carbonyl (C=O) groups is 1. The molecule has 3 aliphatic rings. The van der Waals surface area contributed by atoms with Crippen molar-refractivity contribution in [2.24, 2.45) is 5.92 Å². The van der Waals surface area contributed by atoms with Gasteiger partial charge >= 0.3 is 6.03 Å². The van der Waals surface area contributed by atoms with Gasteiger partial charge in [-0.25, -0.2) is 18.6 Å². The number of carbonyl (C=O) groups excluding carboxylic acids is 1. The average Bonchev–Trinajstić information content (AvgIpc) is 3.42. The molecule has 1 aliphatic carbocycles. The highest BCUT2D eigenvalue weighted by Crippen LogP contribution is 2.51. The van der Waals surface area contributed by atoms with Gasteiger partial charge in [-0.15, -0.1) is 0 Å². The van der Waals surface area contributed by atoms with Crippen LogP contribution in [0.1, 0.15) is 57.4 Å². The molecule has 0 radical (unpaired) electrons. The molecule has 1 saturated carbocycles. The largest absolute Gasteiger partial charge is 0.439 e. The van der Waals surface area contributed by atoms with E-state index in [0.717, 1.165) is 26.2 Å². The van der Waals surface area contributed by atoms with Crippen LogP contribution in [0.5, 0.6) is 0 Å². The minimum Gasteiger partial charge on any atom is -0.439 e. The first-order valence-corrected chi connectivity index (χ1v) is 11.6. The number of oxazole rings is 1. The number of nitrogens with one attached hydrogen (secondary N) is 3. The minimum atomic E-state index is -2.74. The summed E-state index contributed by atoms with van der Waals surface area (Å²) in [7, 11) is 0. The lowest BCUT2D eigenvalue weighted by Crippen LogP contribution is -2.54. The van der Waals surface area contributed by atoms with Gasteiger partial charge in [0.2, 0.25) is 11.8 Å². The first kappa shape index (κ1) is 23.2. The van der Waals surface area contributed by atoms with E-state index in [1.165, 1.54) is 0 Å². The third kappa shape index (κ3) is 4.43. The highest BCUT2D eigenvalue weighted by Gasteiger charge is 2.50. The van der Waals surface area contributed by atoms with Crippen LogP contribution in [-0.4, -0.2) is 36.7 Å². The van der Waals surface area contributed by atoms with Crippen molar-refractivity contribution >= 4 is 34.4 Å². The fourth-order valence-electron chi connectivity index (χ4n) is 4.70. The van der Waals surface area contributed by atoms with Gasteiger partial charge in [0.25, 0.3) is 0 Å². The van der Waals surface area contributed by atoms with Gasteiger partial charge < -0.3 is 25.1 Å². The highest BCUT2D eigenvalue weighted by molar-refractivity contribution is 6.35. The summed E-state index contributed by atoms with van der Waals surface area (Å²) in [6, 6.07) is 1.19. The van der Waals surface area contributed by atoms with Crippen LogP contribution in [-0.2, 0) is 16.8 Å². The number of hydrogen-bond acceptors (Lipinski definition) is 5. The van der Waals surface area contributed by atoms with Crippen molar-refractivity contribution in [2.75, 3.05) is 25.1 Å². The number of rotatable bonds is 4. The number of urea groups is 1. The first-order chi connectivity index (χ1) is 15.4. The van der Waals surface area contributed by atoms with Crippen LogP contribution < -0.4 is 16.0 Å². The number of hydrogen-bond donors (Lipinski definition) is 3. The van der Waals surface area contributed by atoms with Crippen molar-refractivity contribution in [3.05, 3.63) is 22.5 Å². The monoisotopic (exact) mass is 470 g/mol. The maximum absolute atomic E-state index is 13.9. The number of nitrogens with zero attached hydrogens (tertiary/aromatic N) is 1. The fraction of sp³-hybridized carbons (Fsp3) is 0.636. The summed E-state index contributed by atoms with van der Waals surface area (Å²) in [4.78, 5) is 16.8. The molecule has 1 atom stereocenters. The SMILES string of the molecule is CC.O=C1Nc2c(Cl)cc3nc(CNCC4CCOC4)oc3c2C2(CCC(F)(F)CC2)N1. The molecular formula is C22H29ClF2N4O3. The Hall–Kier alpha value is -1.97. The van der Waals surface area contributed by atoms with Gasteiger partial charge in [0.1, 0.15) is 5.52 Å². The second kappa shape index (κ2) is 9.11. The van der Waals surface area contributed by atoms with E-state index < -0.39 is 17.5 Å². The normalized spacial score (nSPS) is 23.3.